The number of esters is 2. The van der Waals surface area contributed by atoms with Crippen molar-refractivity contribution in [3.8, 4) is 17.6 Å². The third kappa shape index (κ3) is 6.04. The highest BCUT2D eigenvalue weighted by atomic mass is 16.5. The summed E-state index contributed by atoms with van der Waals surface area (Å²) >= 11 is 0. The predicted molar refractivity (Wildman–Crippen MR) is 108 cm³/mol. The maximum absolute atomic E-state index is 12.4. The molecule has 143 valence electrons. The monoisotopic (exact) mass is 386 g/mol. The van der Waals surface area contributed by atoms with Crippen molar-refractivity contribution in [2.45, 2.75) is 13.8 Å². The van der Waals surface area contributed by atoms with Gasteiger partial charge in [0.2, 0.25) is 0 Å². The Labute approximate surface area is 170 Å². The fourth-order valence-corrected chi connectivity index (χ4v) is 2.20. The molecule has 3 radical (unpaired) electrons. The zero-order valence-electron chi connectivity index (χ0n) is 16.0. The SMILES string of the molecule is C=C/C=C(\C)C(=O)Oc1ccc(C#N)c(OC(=O)c2cccc(C(C)=O)c2)c1.[B]. The van der Waals surface area contributed by atoms with Gasteiger partial charge in [0.25, 0.3) is 0 Å². The summed E-state index contributed by atoms with van der Waals surface area (Å²) < 4.78 is 10.5. The fourth-order valence-electron chi connectivity index (χ4n) is 2.20. The van der Waals surface area contributed by atoms with Crippen LogP contribution in [0.4, 0.5) is 0 Å². The van der Waals surface area contributed by atoms with Crippen molar-refractivity contribution in [2.24, 2.45) is 0 Å². The van der Waals surface area contributed by atoms with Gasteiger partial charge in [0.1, 0.15) is 11.8 Å². The van der Waals surface area contributed by atoms with Gasteiger partial charge in [0.15, 0.2) is 11.5 Å². The van der Waals surface area contributed by atoms with Gasteiger partial charge in [-0.1, -0.05) is 30.9 Å². The van der Waals surface area contributed by atoms with Crippen LogP contribution in [0.5, 0.6) is 11.5 Å². The van der Waals surface area contributed by atoms with E-state index < -0.39 is 11.9 Å². The second-order valence-corrected chi connectivity index (χ2v) is 5.77. The molecule has 0 fully saturated rings. The van der Waals surface area contributed by atoms with Crippen molar-refractivity contribution in [1.82, 2.24) is 0 Å². The van der Waals surface area contributed by atoms with E-state index in [1.165, 1.54) is 49.4 Å². The van der Waals surface area contributed by atoms with Crippen LogP contribution in [-0.2, 0) is 4.79 Å². The molecular weight excluding hydrogens is 369 g/mol. The van der Waals surface area contributed by atoms with Crippen molar-refractivity contribution < 1.29 is 23.9 Å². The van der Waals surface area contributed by atoms with Crippen molar-refractivity contribution in [1.29, 1.82) is 5.26 Å². The fraction of sp³-hybridized carbons (Fsp3) is 0.0909. The van der Waals surface area contributed by atoms with Gasteiger partial charge in [0.05, 0.1) is 11.1 Å². The standard InChI is InChI=1S/C22H17NO5.B/c1-4-6-14(2)21(25)27-19-10-9-18(13-23)20(12-19)28-22(26)17-8-5-7-16(11-17)15(3)24;/h4-12H,1H2,2-3H3;/b14-6+;. The summed E-state index contributed by atoms with van der Waals surface area (Å²) in [6.07, 6.45) is 2.95. The highest BCUT2D eigenvalue weighted by molar-refractivity contribution is 5.98. The normalized spacial score (nSPS) is 10.2. The zero-order chi connectivity index (χ0) is 20.7. The Morgan fingerprint density at radius 3 is 2.34 bits per heavy atom. The first-order valence-corrected chi connectivity index (χ1v) is 8.24. The number of Topliss-reactive ketones (excluding diaryl/α,β-unsaturated/α-hetero) is 1. The van der Waals surface area contributed by atoms with Crippen LogP contribution in [0.1, 0.15) is 40.1 Å². The Morgan fingerprint density at radius 2 is 1.72 bits per heavy atom. The van der Waals surface area contributed by atoms with Gasteiger partial charge in [-0.05, 0) is 38.1 Å². The van der Waals surface area contributed by atoms with Crippen LogP contribution < -0.4 is 9.47 Å². The Hall–Kier alpha value is -3.92. The molecule has 0 atom stereocenters. The van der Waals surface area contributed by atoms with Gasteiger partial charge in [-0.25, -0.2) is 9.59 Å². The van der Waals surface area contributed by atoms with Gasteiger partial charge in [-0.2, -0.15) is 5.26 Å². The van der Waals surface area contributed by atoms with E-state index in [1.54, 1.807) is 19.1 Å². The lowest BCUT2D eigenvalue weighted by Crippen LogP contribution is -2.12. The highest BCUT2D eigenvalue weighted by Crippen LogP contribution is 2.26. The summed E-state index contributed by atoms with van der Waals surface area (Å²) in [4.78, 5) is 35.9. The summed E-state index contributed by atoms with van der Waals surface area (Å²) in [5.41, 5.74) is 0.944. The second-order valence-electron chi connectivity index (χ2n) is 5.77. The lowest BCUT2D eigenvalue weighted by Gasteiger charge is -2.09. The van der Waals surface area contributed by atoms with E-state index >= 15 is 0 Å². The summed E-state index contributed by atoms with van der Waals surface area (Å²) in [6, 6.07) is 12.0. The van der Waals surface area contributed by atoms with E-state index in [-0.39, 0.29) is 36.8 Å². The number of allylic oxidation sites excluding steroid dienone is 2. The van der Waals surface area contributed by atoms with Gasteiger partial charge >= 0.3 is 11.9 Å². The minimum Gasteiger partial charge on any atom is -0.423 e. The molecule has 0 saturated heterocycles. The molecular formula is C22H17BNO5. The van der Waals surface area contributed by atoms with Gasteiger partial charge < -0.3 is 9.47 Å². The van der Waals surface area contributed by atoms with Crippen molar-refractivity contribution >= 4 is 26.1 Å². The number of ether oxygens (including phenoxy) is 2. The summed E-state index contributed by atoms with van der Waals surface area (Å²) in [5.74, 6) is -1.48. The molecule has 0 heterocycles. The van der Waals surface area contributed by atoms with Gasteiger partial charge in [-0.3, -0.25) is 4.79 Å². The van der Waals surface area contributed by atoms with E-state index in [0.717, 1.165) is 0 Å². The number of hydrogen-bond acceptors (Lipinski definition) is 6. The molecule has 0 unspecified atom stereocenters. The van der Waals surface area contributed by atoms with Crippen LogP contribution in [0.15, 0.2) is 66.8 Å². The van der Waals surface area contributed by atoms with Crippen LogP contribution in [0, 0.1) is 11.3 Å². The van der Waals surface area contributed by atoms with Crippen LogP contribution in [-0.4, -0.2) is 26.1 Å². The van der Waals surface area contributed by atoms with Crippen molar-refractivity contribution in [2.75, 3.05) is 0 Å². The third-order valence-corrected chi connectivity index (χ3v) is 3.68. The van der Waals surface area contributed by atoms with Crippen molar-refractivity contribution in [3.63, 3.8) is 0 Å². The Bertz CT molecular complexity index is 1030. The van der Waals surface area contributed by atoms with E-state index in [2.05, 4.69) is 6.58 Å². The molecule has 2 rings (SSSR count). The molecule has 0 saturated carbocycles. The number of carbonyl (C=O) groups is 3. The van der Waals surface area contributed by atoms with E-state index in [9.17, 15) is 19.6 Å². The Balaban J connectivity index is 0.00000420. The molecule has 0 N–H and O–H groups in total. The lowest BCUT2D eigenvalue weighted by atomic mass is 10.1. The predicted octanol–water partition coefficient (Wildman–Crippen LogP) is 3.64. The number of nitriles is 1. The number of nitrogens with zero attached hydrogens (tertiary/aromatic N) is 1. The zero-order valence-corrected chi connectivity index (χ0v) is 16.0. The van der Waals surface area contributed by atoms with Crippen LogP contribution in [0.25, 0.3) is 0 Å². The number of hydrogen-bond donors (Lipinski definition) is 0. The lowest BCUT2D eigenvalue weighted by molar-refractivity contribution is -0.130. The third-order valence-electron chi connectivity index (χ3n) is 3.68. The Morgan fingerprint density at radius 1 is 1.03 bits per heavy atom. The topological polar surface area (TPSA) is 93.5 Å². The molecule has 6 nitrogen and oxygen atoms in total. The van der Waals surface area contributed by atoms with Crippen LogP contribution in [0.2, 0.25) is 0 Å². The molecule has 0 spiro atoms. The maximum atomic E-state index is 12.4. The van der Waals surface area contributed by atoms with E-state index in [1.807, 2.05) is 6.07 Å². The average Bonchev–Trinajstić information content (AvgIpc) is 2.68. The summed E-state index contributed by atoms with van der Waals surface area (Å²) in [5, 5.41) is 9.24. The van der Waals surface area contributed by atoms with Crippen LogP contribution >= 0.6 is 0 Å². The largest absolute Gasteiger partial charge is 0.423 e. The average molecular weight is 386 g/mol. The molecule has 2 aromatic rings. The number of ketones is 1. The minimum absolute atomic E-state index is 0. The van der Waals surface area contributed by atoms with Gasteiger partial charge in [-0.15, -0.1) is 0 Å². The van der Waals surface area contributed by atoms with Gasteiger partial charge in [0, 0.05) is 25.6 Å². The molecule has 0 aliphatic heterocycles. The second kappa shape index (κ2) is 10.4. The molecule has 2 aromatic carbocycles. The summed E-state index contributed by atoms with van der Waals surface area (Å²) in [6.45, 7) is 6.46. The van der Waals surface area contributed by atoms with Crippen LogP contribution in [0.3, 0.4) is 0 Å². The van der Waals surface area contributed by atoms with E-state index in [4.69, 9.17) is 9.47 Å². The first kappa shape index (κ1) is 23.1. The number of rotatable bonds is 6. The van der Waals surface area contributed by atoms with Crippen molar-refractivity contribution in [3.05, 3.63) is 83.5 Å². The molecule has 7 heteroatoms. The Kier molecular flexibility index (Phi) is 8.31. The molecule has 29 heavy (non-hydrogen) atoms. The number of carbonyl (C=O) groups excluding carboxylic acids is 3. The quantitative estimate of drug-likeness (QED) is 0.188. The molecule has 0 aromatic heterocycles. The smallest absolute Gasteiger partial charge is 0.343 e. The first-order valence-electron chi connectivity index (χ1n) is 8.24. The maximum Gasteiger partial charge on any atom is 0.343 e. The van der Waals surface area contributed by atoms with E-state index in [0.29, 0.717) is 11.1 Å². The number of benzene rings is 2. The molecule has 0 aliphatic carbocycles. The molecule has 0 aliphatic rings. The highest BCUT2D eigenvalue weighted by Gasteiger charge is 2.15. The molecule has 0 bridgehead atoms. The first-order chi connectivity index (χ1) is 13.3. The molecule has 0 amide bonds. The summed E-state index contributed by atoms with van der Waals surface area (Å²) in [7, 11) is 0. The minimum atomic E-state index is -0.745.